The van der Waals surface area contributed by atoms with Crippen molar-refractivity contribution >= 4 is 0 Å². The Balaban J connectivity index is 1.83. The van der Waals surface area contributed by atoms with Gasteiger partial charge in [-0.2, -0.15) is 0 Å². The van der Waals surface area contributed by atoms with E-state index in [1.54, 1.807) is 0 Å². The van der Waals surface area contributed by atoms with Gasteiger partial charge in [0.25, 0.3) is 0 Å². The van der Waals surface area contributed by atoms with Gasteiger partial charge in [0.05, 0.1) is 18.3 Å². The van der Waals surface area contributed by atoms with Gasteiger partial charge in [-0.1, -0.05) is 20.8 Å². The van der Waals surface area contributed by atoms with Crippen LogP contribution in [0.2, 0.25) is 0 Å². The number of hydrogen-bond donors (Lipinski definition) is 1. The first-order chi connectivity index (χ1) is 6.95. The molecule has 0 aromatic heterocycles. The molecule has 2 aliphatic rings. The molecule has 1 unspecified atom stereocenters. The summed E-state index contributed by atoms with van der Waals surface area (Å²) in [5, 5.41) is 8.96. The molecule has 0 amide bonds. The van der Waals surface area contributed by atoms with Gasteiger partial charge in [-0.25, -0.2) is 0 Å². The van der Waals surface area contributed by atoms with Crippen molar-refractivity contribution in [1.82, 2.24) is 0 Å². The molecule has 1 aliphatic carbocycles. The van der Waals surface area contributed by atoms with Crippen LogP contribution in [0.15, 0.2) is 0 Å². The summed E-state index contributed by atoms with van der Waals surface area (Å²) >= 11 is 0. The Morgan fingerprint density at radius 2 is 1.80 bits per heavy atom. The van der Waals surface area contributed by atoms with E-state index in [0.717, 1.165) is 12.3 Å². The molecule has 0 bridgehead atoms. The van der Waals surface area contributed by atoms with E-state index >= 15 is 0 Å². The smallest absolute Gasteiger partial charge is 0.0840 e. The van der Waals surface area contributed by atoms with Crippen molar-refractivity contribution in [3.05, 3.63) is 0 Å². The number of rotatable bonds is 1. The summed E-state index contributed by atoms with van der Waals surface area (Å²) in [6.45, 7) is 7.22. The molecule has 1 N–H and O–H groups in total. The molecule has 0 radical (unpaired) electrons. The molecule has 88 valence electrons. The zero-order valence-corrected chi connectivity index (χ0v) is 10.3. The monoisotopic (exact) mass is 212 g/mol. The van der Waals surface area contributed by atoms with Gasteiger partial charge in [-0.3, -0.25) is 0 Å². The summed E-state index contributed by atoms with van der Waals surface area (Å²) in [7, 11) is 0. The Hall–Kier alpha value is -0.0800. The molecule has 2 fully saturated rings. The highest BCUT2D eigenvalue weighted by Crippen LogP contribution is 2.49. The normalized spacial score (nSPS) is 41.6. The van der Waals surface area contributed by atoms with Crippen molar-refractivity contribution in [2.45, 2.75) is 64.6 Å². The Morgan fingerprint density at radius 1 is 1.27 bits per heavy atom. The molecule has 1 saturated heterocycles. The summed E-state index contributed by atoms with van der Waals surface area (Å²) in [6, 6.07) is 0. The lowest BCUT2D eigenvalue weighted by atomic mass is 9.66. The minimum absolute atomic E-state index is 0.135. The van der Waals surface area contributed by atoms with Crippen molar-refractivity contribution in [2.24, 2.45) is 11.3 Å². The minimum Gasteiger partial charge on any atom is -0.394 e. The summed E-state index contributed by atoms with van der Waals surface area (Å²) in [5.74, 6) is 0.847. The summed E-state index contributed by atoms with van der Waals surface area (Å²) < 4.78 is 5.83. The Bertz CT molecular complexity index is 213. The average molecular weight is 212 g/mol. The van der Waals surface area contributed by atoms with Crippen LogP contribution in [0.3, 0.4) is 0 Å². The van der Waals surface area contributed by atoms with E-state index in [4.69, 9.17) is 9.84 Å². The van der Waals surface area contributed by atoms with Crippen LogP contribution < -0.4 is 0 Å². The maximum atomic E-state index is 8.96. The molecule has 1 aliphatic heterocycles. The highest BCUT2D eigenvalue weighted by molar-refractivity contribution is 4.98. The van der Waals surface area contributed by atoms with E-state index < -0.39 is 0 Å². The Morgan fingerprint density at radius 3 is 2.20 bits per heavy atom. The third-order valence-electron chi connectivity index (χ3n) is 4.34. The number of hydrogen-bond acceptors (Lipinski definition) is 2. The molecule has 15 heavy (non-hydrogen) atoms. The van der Waals surface area contributed by atoms with E-state index in [1.807, 2.05) is 0 Å². The lowest BCUT2D eigenvalue weighted by Crippen LogP contribution is -2.54. The van der Waals surface area contributed by atoms with Gasteiger partial charge in [0.1, 0.15) is 0 Å². The molecule has 2 rings (SSSR count). The van der Waals surface area contributed by atoms with Crippen LogP contribution in [0.1, 0.15) is 52.9 Å². The number of ether oxygens (including phenoxy) is 1. The van der Waals surface area contributed by atoms with Gasteiger partial charge in [-0.15, -0.1) is 0 Å². The van der Waals surface area contributed by atoms with Crippen LogP contribution in [0.5, 0.6) is 0 Å². The van der Waals surface area contributed by atoms with Gasteiger partial charge in [0, 0.05) is 6.42 Å². The van der Waals surface area contributed by atoms with E-state index in [0.29, 0.717) is 5.41 Å². The van der Waals surface area contributed by atoms with Gasteiger partial charge >= 0.3 is 0 Å². The van der Waals surface area contributed by atoms with Gasteiger partial charge < -0.3 is 9.84 Å². The predicted molar refractivity (Wildman–Crippen MR) is 60.7 cm³/mol. The first kappa shape index (κ1) is 11.4. The van der Waals surface area contributed by atoms with Crippen LogP contribution >= 0.6 is 0 Å². The Labute approximate surface area is 93.0 Å². The van der Waals surface area contributed by atoms with Gasteiger partial charge in [0.2, 0.25) is 0 Å². The molecule has 0 aromatic rings. The van der Waals surface area contributed by atoms with Crippen molar-refractivity contribution < 1.29 is 9.84 Å². The fourth-order valence-electron chi connectivity index (χ4n) is 3.19. The van der Waals surface area contributed by atoms with E-state index in [1.165, 1.54) is 25.7 Å². The molecule has 1 atom stereocenters. The lowest BCUT2D eigenvalue weighted by Gasteiger charge is -2.52. The highest BCUT2D eigenvalue weighted by atomic mass is 16.5. The van der Waals surface area contributed by atoms with Crippen LogP contribution in [0.4, 0.5) is 0 Å². The van der Waals surface area contributed by atoms with Crippen LogP contribution in [0.25, 0.3) is 0 Å². The third-order valence-corrected chi connectivity index (χ3v) is 4.34. The highest BCUT2D eigenvalue weighted by Gasteiger charge is 2.48. The molecule has 2 nitrogen and oxygen atoms in total. The molecular formula is C13H24O2. The van der Waals surface area contributed by atoms with Crippen molar-refractivity contribution in [3.63, 3.8) is 0 Å². The van der Waals surface area contributed by atoms with E-state index in [-0.39, 0.29) is 18.3 Å². The summed E-state index contributed by atoms with van der Waals surface area (Å²) in [4.78, 5) is 0. The third kappa shape index (κ3) is 2.21. The molecule has 1 heterocycles. The SMILES string of the molecule is CC(C)(C)C1CCC2(CC1)CC(CO)O2. The predicted octanol–water partition coefficient (Wildman–Crippen LogP) is 2.74. The van der Waals surface area contributed by atoms with Crippen molar-refractivity contribution in [1.29, 1.82) is 0 Å². The molecule has 1 spiro atoms. The van der Waals surface area contributed by atoms with Crippen LogP contribution in [-0.2, 0) is 4.74 Å². The first-order valence-electron chi connectivity index (χ1n) is 6.24. The molecule has 0 aromatic carbocycles. The maximum Gasteiger partial charge on any atom is 0.0840 e. The Kier molecular flexibility index (Phi) is 2.85. The van der Waals surface area contributed by atoms with Crippen molar-refractivity contribution in [3.8, 4) is 0 Å². The first-order valence-corrected chi connectivity index (χ1v) is 6.24. The zero-order valence-electron chi connectivity index (χ0n) is 10.3. The number of aliphatic hydroxyl groups is 1. The minimum atomic E-state index is 0.135. The quantitative estimate of drug-likeness (QED) is 0.724. The largest absolute Gasteiger partial charge is 0.394 e. The maximum absolute atomic E-state index is 8.96. The van der Waals surface area contributed by atoms with Crippen LogP contribution in [-0.4, -0.2) is 23.4 Å². The standard InChI is InChI=1S/C13H24O2/c1-12(2,3)10-4-6-13(7-5-10)8-11(9-14)15-13/h10-11,14H,4-9H2,1-3H3. The second kappa shape index (κ2) is 3.74. The molecule has 2 heteroatoms. The average Bonchev–Trinajstić information content (AvgIpc) is 2.12. The lowest BCUT2D eigenvalue weighted by molar-refractivity contribution is -0.236. The van der Waals surface area contributed by atoms with E-state index in [9.17, 15) is 0 Å². The number of aliphatic hydroxyl groups excluding tert-OH is 1. The second-order valence-electron chi connectivity index (χ2n) is 6.45. The summed E-state index contributed by atoms with van der Waals surface area (Å²) in [6.07, 6.45) is 6.21. The zero-order chi connectivity index (χ0) is 11.1. The van der Waals surface area contributed by atoms with Gasteiger partial charge in [-0.05, 0) is 37.0 Å². The van der Waals surface area contributed by atoms with Gasteiger partial charge in [0.15, 0.2) is 0 Å². The second-order valence-corrected chi connectivity index (χ2v) is 6.45. The fourth-order valence-corrected chi connectivity index (χ4v) is 3.19. The fraction of sp³-hybridized carbons (Fsp3) is 1.00. The van der Waals surface area contributed by atoms with E-state index in [2.05, 4.69) is 20.8 Å². The molecular weight excluding hydrogens is 188 g/mol. The van der Waals surface area contributed by atoms with Crippen molar-refractivity contribution in [2.75, 3.05) is 6.61 Å². The summed E-state index contributed by atoms with van der Waals surface area (Å²) in [5.41, 5.74) is 0.608. The topological polar surface area (TPSA) is 29.5 Å². The molecule has 1 saturated carbocycles. The van der Waals surface area contributed by atoms with Crippen LogP contribution in [0, 0.1) is 11.3 Å².